The highest BCUT2D eigenvalue weighted by Crippen LogP contribution is 2.35. The van der Waals surface area contributed by atoms with Crippen molar-refractivity contribution in [3.8, 4) is 11.5 Å². The number of benzene rings is 1. The molecule has 4 N–H and O–H groups in total. The van der Waals surface area contributed by atoms with Crippen molar-refractivity contribution in [1.29, 1.82) is 0 Å². The van der Waals surface area contributed by atoms with Crippen molar-refractivity contribution in [1.82, 2.24) is 0 Å². The molecule has 0 heterocycles. The molecule has 0 spiro atoms. The van der Waals surface area contributed by atoms with E-state index >= 15 is 0 Å². The van der Waals surface area contributed by atoms with E-state index in [-0.39, 0.29) is 6.04 Å². The lowest BCUT2D eigenvalue weighted by Crippen LogP contribution is -2.12. The SMILES string of the molecule is COc1cccc([C@H](N)CCCCN)c1OC. The predicted octanol–water partition coefficient (Wildman–Crippen LogP) is 1.83. The van der Waals surface area contributed by atoms with Crippen LogP contribution in [0, 0.1) is 0 Å². The summed E-state index contributed by atoms with van der Waals surface area (Å²) >= 11 is 0. The van der Waals surface area contributed by atoms with Crippen LogP contribution in [0.2, 0.25) is 0 Å². The molecule has 0 aliphatic carbocycles. The summed E-state index contributed by atoms with van der Waals surface area (Å²) in [5.74, 6) is 1.45. The molecule has 0 aliphatic heterocycles. The van der Waals surface area contributed by atoms with E-state index in [1.54, 1.807) is 14.2 Å². The van der Waals surface area contributed by atoms with Crippen molar-refractivity contribution < 1.29 is 9.47 Å². The van der Waals surface area contributed by atoms with Gasteiger partial charge in [-0.25, -0.2) is 0 Å². The molecule has 1 aromatic carbocycles. The molecule has 0 saturated carbocycles. The lowest BCUT2D eigenvalue weighted by Gasteiger charge is -2.17. The van der Waals surface area contributed by atoms with E-state index in [4.69, 9.17) is 20.9 Å². The molecular formula is C13H22N2O2. The fourth-order valence-electron chi connectivity index (χ4n) is 1.87. The summed E-state index contributed by atoms with van der Waals surface area (Å²) in [7, 11) is 3.26. The average Bonchev–Trinajstić information content (AvgIpc) is 2.37. The van der Waals surface area contributed by atoms with Gasteiger partial charge in [-0.1, -0.05) is 18.6 Å². The van der Waals surface area contributed by atoms with Gasteiger partial charge in [-0.15, -0.1) is 0 Å². The molecule has 0 radical (unpaired) electrons. The van der Waals surface area contributed by atoms with Gasteiger partial charge in [0.15, 0.2) is 11.5 Å². The van der Waals surface area contributed by atoms with Gasteiger partial charge in [0.05, 0.1) is 14.2 Å². The monoisotopic (exact) mass is 238 g/mol. The smallest absolute Gasteiger partial charge is 0.165 e. The number of nitrogens with two attached hydrogens (primary N) is 2. The predicted molar refractivity (Wildman–Crippen MR) is 69.4 cm³/mol. The number of rotatable bonds is 7. The van der Waals surface area contributed by atoms with Gasteiger partial charge in [-0.05, 0) is 25.5 Å². The van der Waals surface area contributed by atoms with Gasteiger partial charge in [-0.3, -0.25) is 0 Å². The van der Waals surface area contributed by atoms with Gasteiger partial charge in [0, 0.05) is 11.6 Å². The van der Waals surface area contributed by atoms with Crippen LogP contribution in [0.4, 0.5) is 0 Å². The Hall–Kier alpha value is -1.26. The third-order valence-electron chi connectivity index (χ3n) is 2.80. The molecule has 4 nitrogen and oxygen atoms in total. The Labute approximate surface area is 103 Å². The van der Waals surface area contributed by atoms with Crippen molar-refractivity contribution in [2.24, 2.45) is 11.5 Å². The van der Waals surface area contributed by atoms with Gasteiger partial charge < -0.3 is 20.9 Å². The zero-order valence-corrected chi connectivity index (χ0v) is 10.6. The molecule has 1 aromatic rings. The normalized spacial score (nSPS) is 12.2. The molecule has 4 heteroatoms. The molecule has 0 fully saturated rings. The Kier molecular flexibility index (Phi) is 5.80. The standard InChI is InChI=1S/C13H22N2O2/c1-16-12-8-5-6-10(13(12)17-2)11(15)7-3-4-9-14/h5-6,8,11H,3-4,7,9,14-15H2,1-2H3/t11-/m1/s1. The molecule has 0 aliphatic rings. The summed E-state index contributed by atoms with van der Waals surface area (Å²) in [5, 5.41) is 0. The Bertz CT molecular complexity index is 342. The van der Waals surface area contributed by atoms with Gasteiger partial charge in [0.1, 0.15) is 0 Å². The lowest BCUT2D eigenvalue weighted by atomic mass is 10.0. The van der Waals surface area contributed by atoms with Crippen LogP contribution in [-0.2, 0) is 0 Å². The largest absolute Gasteiger partial charge is 0.493 e. The van der Waals surface area contributed by atoms with Crippen LogP contribution >= 0.6 is 0 Å². The molecule has 1 atom stereocenters. The van der Waals surface area contributed by atoms with E-state index in [9.17, 15) is 0 Å². The highest BCUT2D eigenvalue weighted by molar-refractivity contribution is 5.47. The van der Waals surface area contributed by atoms with Crippen molar-refractivity contribution in [3.63, 3.8) is 0 Å². The van der Waals surface area contributed by atoms with Crippen molar-refractivity contribution >= 4 is 0 Å². The van der Waals surface area contributed by atoms with Crippen molar-refractivity contribution in [3.05, 3.63) is 23.8 Å². The van der Waals surface area contributed by atoms with Gasteiger partial charge >= 0.3 is 0 Å². The first-order chi connectivity index (χ1) is 8.24. The molecule has 1 rings (SSSR count). The molecule has 0 unspecified atom stereocenters. The van der Waals surface area contributed by atoms with E-state index in [1.165, 1.54) is 0 Å². The fraction of sp³-hybridized carbons (Fsp3) is 0.538. The molecule has 0 saturated heterocycles. The highest BCUT2D eigenvalue weighted by atomic mass is 16.5. The third-order valence-corrected chi connectivity index (χ3v) is 2.80. The quantitative estimate of drug-likeness (QED) is 0.711. The molecular weight excluding hydrogens is 216 g/mol. The third kappa shape index (κ3) is 3.61. The summed E-state index contributed by atoms with van der Waals surface area (Å²) in [6.45, 7) is 0.710. The lowest BCUT2D eigenvalue weighted by molar-refractivity contribution is 0.348. The molecule has 0 amide bonds. The van der Waals surface area contributed by atoms with E-state index in [1.807, 2.05) is 18.2 Å². The Morgan fingerprint density at radius 1 is 1.18 bits per heavy atom. The first kappa shape index (κ1) is 13.8. The first-order valence-corrected chi connectivity index (χ1v) is 5.91. The maximum absolute atomic E-state index is 6.16. The topological polar surface area (TPSA) is 70.5 Å². The van der Waals surface area contributed by atoms with Crippen molar-refractivity contribution in [2.75, 3.05) is 20.8 Å². The van der Waals surface area contributed by atoms with E-state index in [2.05, 4.69) is 0 Å². The summed E-state index contributed by atoms with van der Waals surface area (Å²) in [4.78, 5) is 0. The molecule has 17 heavy (non-hydrogen) atoms. The van der Waals surface area contributed by atoms with Gasteiger partial charge in [-0.2, -0.15) is 0 Å². The number of unbranched alkanes of at least 4 members (excludes halogenated alkanes) is 1. The highest BCUT2D eigenvalue weighted by Gasteiger charge is 2.15. The summed E-state index contributed by atoms with van der Waals surface area (Å²) < 4.78 is 10.6. The van der Waals surface area contributed by atoms with Crippen LogP contribution < -0.4 is 20.9 Å². The second-order valence-corrected chi connectivity index (χ2v) is 3.97. The zero-order valence-electron chi connectivity index (χ0n) is 10.6. The number of para-hydroxylation sites is 1. The maximum Gasteiger partial charge on any atom is 0.165 e. The van der Waals surface area contributed by atoms with Crippen LogP contribution in [0.1, 0.15) is 30.9 Å². The van der Waals surface area contributed by atoms with Gasteiger partial charge in [0.2, 0.25) is 0 Å². The second-order valence-electron chi connectivity index (χ2n) is 3.97. The van der Waals surface area contributed by atoms with Crippen LogP contribution in [0.3, 0.4) is 0 Å². The molecule has 0 aromatic heterocycles. The van der Waals surface area contributed by atoms with Crippen LogP contribution in [0.25, 0.3) is 0 Å². The number of hydrogen-bond donors (Lipinski definition) is 2. The number of methoxy groups -OCH3 is 2. The average molecular weight is 238 g/mol. The van der Waals surface area contributed by atoms with Crippen LogP contribution in [-0.4, -0.2) is 20.8 Å². The molecule has 96 valence electrons. The summed E-state index contributed by atoms with van der Waals surface area (Å²) in [5.41, 5.74) is 12.6. The van der Waals surface area contributed by atoms with E-state index < -0.39 is 0 Å². The van der Waals surface area contributed by atoms with Gasteiger partial charge in [0.25, 0.3) is 0 Å². The number of ether oxygens (including phenoxy) is 2. The maximum atomic E-state index is 6.16. The minimum atomic E-state index is -0.0356. The van der Waals surface area contributed by atoms with Crippen LogP contribution in [0.15, 0.2) is 18.2 Å². The summed E-state index contributed by atoms with van der Waals surface area (Å²) in [6.07, 6.45) is 2.93. The summed E-state index contributed by atoms with van der Waals surface area (Å²) in [6, 6.07) is 5.75. The fourth-order valence-corrected chi connectivity index (χ4v) is 1.87. The minimum absolute atomic E-state index is 0.0356. The Morgan fingerprint density at radius 3 is 2.53 bits per heavy atom. The zero-order chi connectivity index (χ0) is 12.7. The van der Waals surface area contributed by atoms with Crippen molar-refractivity contribution in [2.45, 2.75) is 25.3 Å². The van der Waals surface area contributed by atoms with Crippen LogP contribution in [0.5, 0.6) is 11.5 Å². The van der Waals surface area contributed by atoms with E-state index in [0.717, 1.165) is 36.3 Å². The Balaban J connectivity index is 2.81. The minimum Gasteiger partial charge on any atom is -0.493 e. The second kappa shape index (κ2) is 7.14. The Morgan fingerprint density at radius 2 is 1.94 bits per heavy atom. The molecule has 0 bridgehead atoms. The number of hydrogen-bond acceptors (Lipinski definition) is 4. The first-order valence-electron chi connectivity index (χ1n) is 5.91. The van der Waals surface area contributed by atoms with E-state index in [0.29, 0.717) is 6.54 Å².